The zero-order valence-electron chi connectivity index (χ0n) is 11.5. The molecule has 2 unspecified atom stereocenters. The standard InChI is InChI=1S/C14H22N2OS.ClH/c1-14(2,12-4-3-7-18-12)9-16-13(17)10-5-6-11(15)8-10;/h3-4,7,10-11H,5-6,8-9,15H2,1-2H3,(H,16,17);1H. The van der Waals surface area contributed by atoms with Crippen molar-refractivity contribution >= 4 is 29.7 Å². The molecular formula is C14H23ClN2OS. The van der Waals surface area contributed by atoms with Crippen LogP contribution in [0.25, 0.3) is 0 Å². The molecule has 1 aliphatic carbocycles. The number of carbonyl (C=O) groups is 1. The molecule has 0 saturated heterocycles. The molecule has 0 aliphatic heterocycles. The first kappa shape index (κ1) is 16.5. The second-order valence-corrected chi connectivity index (χ2v) is 6.80. The first-order valence-electron chi connectivity index (χ1n) is 6.56. The zero-order chi connectivity index (χ0) is 13.2. The number of nitrogens with two attached hydrogens (primary N) is 1. The Morgan fingerprint density at radius 3 is 2.79 bits per heavy atom. The second kappa shape index (κ2) is 6.73. The molecule has 1 heterocycles. The number of halogens is 1. The van der Waals surface area contributed by atoms with Gasteiger partial charge in [0.1, 0.15) is 0 Å². The second-order valence-electron chi connectivity index (χ2n) is 5.85. The maximum absolute atomic E-state index is 12.0. The summed E-state index contributed by atoms with van der Waals surface area (Å²) < 4.78 is 0. The molecule has 0 aromatic carbocycles. The van der Waals surface area contributed by atoms with E-state index in [9.17, 15) is 4.79 Å². The Hall–Kier alpha value is -0.580. The number of hydrogen-bond acceptors (Lipinski definition) is 3. The normalized spacial score (nSPS) is 22.9. The van der Waals surface area contributed by atoms with Crippen LogP contribution in [0.4, 0.5) is 0 Å². The van der Waals surface area contributed by atoms with Gasteiger partial charge in [-0.05, 0) is 30.7 Å². The summed E-state index contributed by atoms with van der Waals surface area (Å²) in [6.45, 7) is 5.02. The van der Waals surface area contributed by atoms with E-state index in [4.69, 9.17) is 5.73 Å². The van der Waals surface area contributed by atoms with Crippen molar-refractivity contribution < 1.29 is 4.79 Å². The molecule has 3 N–H and O–H groups in total. The fraction of sp³-hybridized carbons (Fsp3) is 0.643. The summed E-state index contributed by atoms with van der Waals surface area (Å²) in [5.41, 5.74) is 5.85. The Balaban J connectivity index is 0.00000180. The highest BCUT2D eigenvalue weighted by Crippen LogP contribution is 2.28. The van der Waals surface area contributed by atoms with Crippen molar-refractivity contribution in [2.24, 2.45) is 11.7 Å². The highest BCUT2D eigenvalue weighted by atomic mass is 35.5. The van der Waals surface area contributed by atoms with Gasteiger partial charge in [-0.2, -0.15) is 0 Å². The Kier molecular flexibility index (Phi) is 5.83. The summed E-state index contributed by atoms with van der Waals surface area (Å²) >= 11 is 1.74. The van der Waals surface area contributed by atoms with E-state index in [0.29, 0.717) is 6.54 Å². The molecule has 3 nitrogen and oxygen atoms in total. The van der Waals surface area contributed by atoms with Crippen LogP contribution >= 0.6 is 23.7 Å². The average Bonchev–Trinajstić information content (AvgIpc) is 2.96. The predicted octanol–water partition coefficient (Wildman–Crippen LogP) is 2.69. The number of hydrogen-bond donors (Lipinski definition) is 2. The van der Waals surface area contributed by atoms with Crippen molar-refractivity contribution in [2.75, 3.05) is 6.54 Å². The Bertz CT molecular complexity index is 406. The van der Waals surface area contributed by atoms with Gasteiger partial charge in [-0.25, -0.2) is 0 Å². The molecule has 0 radical (unpaired) electrons. The van der Waals surface area contributed by atoms with Gasteiger partial charge in [0, 0.05) is 28.8 Å². The molecule has 0 bridgehead atoms. The highest BCUT2D eigenvalue weighted by Gasteiger charge is 2.29. The molecule has 0 spiro atoms. The summed E-state index contributed by atoms with van der Waals surface area (Å²) in [7, 11) is 0. The molecule has 108 valence electrons. The van der Waals surface area contributed by atoms with Crippen molar-refractivity contribution in [1.29, 1.82) is 0 Å². The van der Waals surface area contributed by atoms with E-state index in [1.54, 1.807) is 11.3 Å². The van der Waals surface area contributed by atoms with Crippen molar-refractivity contribution in [2.45, 2.75) is 44.6 Å². The highest BCUT2D eigenvalue weighted by molar-refractivity contribution is 7.10. The fourth-order valence-corrected chi connectivity index (χ4v) is 3.31. The molecule has 5 heteroatoms. The summed E-state index contributed by atoms with van der Waals surface area (Å²) in [4.78, 5) is 13.4. The van der Waals surface area contributed by atoms with Gasteiger partial charge in [0.25, 0.3) is 0 Å². The van der Waals surface area contributed by atoms with Gasteiger partial charge in [0.05, 0.1) is 0 Å². The lowest BCUT2D eigenvalue weighted by molar-refractivity contribution is -0.125. The maximum Gasteiger partial charge on any atom is 0.223 e. The first-order valence-corrected chi connectivity index (χ1v) is 7.44. The lowest BCUT2D eigenvalue weighted by Crippen LogP contribution is -2.39. The molecule has 1 aromatic rings. The summed E-state index contributed by atoms with van der Waals surface area (Å²) in [5, 5.41) is 5.16. The largest absolute Gasteiger partial charge is 0.355 e. The Labute approximate surface area is 125 Å². The van der Waals surface area contributed by atoms with Crippen LogP contribution in [0, 0.1) is 5.92 Å². The van der Waals surface area contributed by atoms with E-state index < -0.39 is 0 Å². The summed E-state index contributed by atoms with van der Waals surface area (Å²) in [6, 6.07) is 4.40. The van der Waals surface area contributed by atoms with Crippen LogP contribution < -0.4 is 11.1 Å². The third kappa shape index (κ3) is 4.20. The third-order valence-corrected chi connectivity index (χ3v) is 4.97. The molecule has 1 amide bonds. The van der Waals surface area contributed by atoms with Crippen LogP contribution in [0.15, 0.2) is 17.5 Å². The Morgan fingerprint density at radius 2 is 2.26 bits per heavy atom. The van der Waals surface area contributed by atoms with Gasteiger partial charge < -0.3 is 11.1 Å². The van der Waals surface area contributed by atoms with E-state index in [2.05, 4.69) is 36.7 Å². The van der Waals surface area contributed by atoms with E-state index in [1.807, 2.05) is 0 Å². The SMILES string of the molecule is CC(C)(CNC(=O)C1CCC(N)C1)c1cccs1.Cl. The number of nitrogens with one attached hydrogen (secondary N) is 1. The first-order chi connectivity index (χ1) is 8.49. The van der Waals surface area contributed by atoms with Crippen LogP contribution in [0.5, 0.6) is 0 Å². The van der Waals surface area contributed by atoms with E-state index in [0.717, 1.165) is 19.3 Å². The van der Waals surface area contributed by atoms with Crippen LogP contribution in [-0.4, -0.2) is 18.5 Å². The van der Waals surface area contributed by atoms with Crippen molar-refractivity contribution in [3.8, 4) is 0 Å². The predicted molar refractivity (Wildman–Crippen MR) is 82.9 cm³/mol. The minimum atomic E-state index is 0. The Morgan fingerprint density at radius 1 is 1.53 bits per heavy atom. The monoisotopic (exact) mass is 302 g/mol. The molecule has 19 heavy (non-hydrogen) atoms. The van der Waals surface area contributed by atoms with Crippen molar-refractivity contribution in [1.82, 2.24) is 5.32 Å². The summed E-state index contributed by atoms with van der Waals surface area (Å²) in [6.07, 6.45) is 2.75. The van der Waals surface area contributed by atoms with E-state index >= 15 is 0 Å². The molecule has 2 atom stereocenters. The summed E-state index contributed by atoms with van der Waals surface area (Å²) in [5.74, 6) is 0.298. The van der Waals surface area contributed by atoms with Crippen LogP contribution in [0.3, 0.4) is 0 Å². The molecule has 1 aliphatic rings. The molecule has 1 fully saturated rings. The average molecular weight is 303 g/mol. The van der Waals surface area contributed by atoms with Gasteiger partial charge in [0.2, 0.25) is 5.91 Å². The van der Waals surface area contributed by atoms with Crippen molar-refractivity contribution in [3.63, 3.8) is 0 Å². The molecule has 2 rings (SSSR count). The van der Waals surface area contributed by atoms with Gasteiger partial charge in [0.15, 0.2) is 0 Å². The number of thiophene rings is 1. The minimum absolute atomic E-state index is 0. The smallest absolute Gasteiger partial charge is 0.223 e. The molecular weight excluding hydrogens is 280 g/mol. The van der Waals surface area contributed by atoms with Crippen LogP contribution in [-0.2, 0) is 10.2 Å². The van der Waals surface area contributed by atoms with Gasteiger partial charge >= 0.3 is 0 Å². The van der Waals surface area contributed by atoms with Gasteiger partial charge in [-0.3, -0.25) is 4.79 Å². The van der Waals surface area contributed by atoms with Gasteiger partial charge in [-0.1, -0.05) is 19.9 Å². The minimum Gasteiger partial charge on any atom is -0.355 e. The maximum atomic E-state index is 12.0. The fourth-order valence-electron chi connectivity index (χ4n) is 2.46. The number of rotatable bonds is 4. The molecule has 1 saturated carbocycles. The third-order valence-electron chi connectivity index (χ3n) is 3.74. The van der Waals surface area contributed by atoms with Crippen LogP contribution in [0.2, 0.25) is 0 Å². The molecule has 1 aromatic heterocycles. The number of amides is 1. The number of carbonyl (C=O) groups excluding carboxylic acids is 1. The van der Waals surface area contributed by atoms with Crippen LogP contribution in [0.1, 0.15) is 38.0 Å². The van der Waals surface area contributed by atoms with E-state index in [1.165, 1.54) is 4.88 Å². The van der Waals surface area contributed by atoms with Crippen molar-refractivity contribution in [3.05, 3.63) is 22.4 Å². The van der Waals surface area contributed by atoms with Gasteiger partial charge in [-0.15, -0.1) is 23.7 Å². The quantitative estimate of drug-likeness (QED) is 0.898. The zero-order valence-corrected chi connectivity index (χ0v) is 13.2. The lowest BCUT2D eigenvalue weighted by atomic mass is 9.91. The van der Waals surface area contributed by atoms with E-state index in [-0.39, 0.29) is 35.7 Å². The topological polar surface area (TPSA) is 55.1 Å². The lowest BCUT2D eigenvalue weighted by Gasteiger charge is -2.24.